The van der Waals surface area contributed by atoms with E-state index in [4.69, 9.17) is 11.6 Å². The van der Waals surface area contributed by atoms with Gasteiger partial charge in [0.1, 0.15) is 0 Å². The minimum absolute atomic E-state index is 0.118. The molecule has 1 saturated heterocycles. The van der Waals surface area contributed by atoms with Crippen molar-refractivity contribution in [3.05, 3.63) is 65.2 Å². The second kappa shape index (κ2) is 5.06. The number of benzene rings is 2. The lowest BCUT2D eigenvalue weighted by Crippen LogP contribution is -2.27. The molecule has 1 amide bonds. The number of nitrogens with zero attached hydrogens (tertiary/aromatic N) is 1. The molecular formula is C16H14ClNO. The first-order chi connectivity index (χ1) is 9.25. The van der Waals surface area contributed by atoms with Gasteiger partial charge >= 0.3 is 0 Å². The van der Waals surface area contributed by atoms with E-state index in [0.29, 0.717) is 6.42 Å². The van der Waals surface area contributed by atoms with Crippen molar-refractivity contribution >= 4 is 23.2 Å². The first-order valence-corrected chi connectivity index (χ1v) is 6.76. The molecular weight excluding hydrogens is 258 g/mol. The lowest BCUT2D eigenvalue weighted by molar-refractivity contribution is -0.117. The first-order valence-electron chi connectivity index (χ1n) is 6.38. The second-order valence-corrected chi connectivity index (χ2v) is 5.14. The fraction of sp³-hybridized carbons (Fsp3) is 0.188. The Morgan fingerprint density at radius 3 is 2.37 bits per heavy atom. The Hall–Kier alpha value is -1.80. The van der Waals surface area contributed by atoms with Crippen molar-refractivity contribution < 1.29 is 4.79 Å². The fourth-order valence-electron chi connectivity index (χ4n) is 2.60. The molecule has 0 saturated carbocycles. The van der Waals surface area contributed by atoms with E-state index in [9.17, 15) is 4.79 Å². The summed E-state index contributed by atoms with van der Waals surface area (Å²) in [6.45, 7) is 0. The van der Waals surface area contributed by atoms with Crippen LogP contribution in [0.5, 0.6) is 0 Å². The normalized spacial score (nSPS) is 18.9. The maximum atomic E-state index is 12.1. The fourth-order valence-corrected chi connectivity index (χ4v) is 2.72. The lowest BCUT2D eigenvalue weighted by atomic mass is 10.0. The summed E-state index contributed by atoms with van der Waals surface area (Å²) in [6, 6.07) is 17.7. The van der Waals surface area contributed by atoms with Crippen LogP contribution in [0.4, 0.5) is 5.69 Å². The molecule has 1 fully saturated rings. The molecule has 1 atom stereocenters. The van der Waals surface area contributed by atoms with Gasteiger partial charge in [-0.3, -0.25) is 4.79 Å². The Balaban J connectivity index is 1.97. The third-order valence-electron chi connectivity index (χ3n) is 3.50. The molecule has 0 aliphatic carbocycles. The summed E-state index contributed by atoms with van der Waals surface area (Å²) < 4.78 is 0. The summed E-state index contributed by atoms with van der Waals surface area (Å²) in [5.74, 6) is 0.186. The van der Waals surface area contributed by atoms with E-state index in [1.807, 2.05) is 59.5 Å². The van der Waals surface area contributed by atoms with E-state index >= 15 is 0 Å². The number of hydrogen-bond acceptors (Lipinski definition) is 1. The molecule has 2 aromatic carbocycles. The molecule has 3 rings (SSSR count). The maximum absolute atomic E-state index is 12.1. The van der Waals surface area contributed by atoms with Crippen molar-refractivity contribution in [2.45, 2.75) is 18.9 Å². The largest absolute Gasteiger partial charge is 0.305 e. The van der Waals surface area contributed by atoms with Gasteiger partial charge < -0.3 is 4.90 Å². The zero-order chi connectivity index (χ0) is 13.2. The molecule has 1 unspecified atom stereocenters. The molecule has 0 aromatic heterocycles. The predicted octanol–water partition coefficient (Wildman–Crippen LogP) is 4.21. The van der Waals surface area contributed by atoms with E-state index in [1.54, 1.807) is 0 Å². The molecule has 1 heterocycles. The van der Waals surface area contributed by atoms with Gasteiger partial charge in [-0.15, -0.1) is 0 Å². The van der Waals surface area contributed by atoms with Crippen LogP contribution in [0.1, 0.15) is 24.4 Å². The second-order valence-electron chi connectivity index (χ2n) is 4.71. The number of rotatable bonds is 2. The van der Waals surface area contributed by atoms with Crippen LogP contribution in [0.15, 0.2) is 54.6 Å². The number of anilines is 1. The van der Waals surface area contributed by atoms with E-state index in [0.717, 1.165) is 22.7 Å². The SMILES string of the molecule is O=C1CCC(c2ccc(Cl)cc2)N1c1ccccc1. The van der Waals surface area contributed by atoms with Crippen LogP contribution in [0.2, 0.25) is 5.02 Å². The number of carbonyl (C=O) groups is 1. The summed E-state index contributed by atoms with van der Waals surface area (Å²) in [6.07, 6.45) is 1.46. The highest BCUT2D eigenvalue weighted by Gasteiger charge is 2.32. The Morgan fingerprint density at radius 1 is 1.00 bits per heavy atom. The smallest absolute Gasteiger partial charge is 0.227 e. The average Bonchev–Trinajstić information content (AvgIpc) is 2.82. The average molecular weight is 272 g/mol. The highest BCUT2D eigenvalue weighted by molar-refractivity contribution is 6.30. The molecule has 0 spiro atoms. The van der Waals surface area contributed by atoms with Crippen LogP contribution in [-0.2, 0) is 4.79 Å². The molecule has 19 heavy (non-hydrogen) atoms. The molecule has 1 aliphatic rings. The van der Waals surface area contributed by atoms with Gasteiger partial charge in [0.25, 0.3) is 0 Å². The van der Waals surface area contributed by atoms with Gasteiger partial charge in [-0.1, -0.05) is 41.9 Å². The van der Waals surface area contributed by atoms with Crippen molar-refractivity contribution in [1.82, 2.24) is 0 Å². The van der Waals surface area contributed by atoms with Gasteiger partial charge in [0.2, 0.25) is 5.91 Å². The minimum Gasteiger partial charge on any atom is -0.305 e. The molecule has 0 N–H and O–H groups in total. The zero-order valence-electron chi connectivity index (χ0n) is 10.4. The number of hydrogen-bond donors (Lipinski definition) is 0. The Bertz CT molecular complexity index is 579. The minimum atomic E-state index is 0.118. The van der Waals surface area contributed by atoms with Gasteiger partial charge in [-0.05, 0) is 36.2 Å². The van der Waals surface area contributed by atoms with Gasteiger partial charge in [0.05, 0.1) is 6.04 Å². The van der Waals surface area contributed by atoms with Gasteiger partial charge in [-0.2, -0.15) is 0 Å². The number of carbonyl (C=O) groups excluding carboxylic acids is 1. The molecule has 1 aliphatic heterocycles. The van der Waals surface area contributed by atoms with Crippen LogP contribution in [-0.4, -0.2) is 5.91 Å². The third-order valence-corrected chi connectivity index (χ3v) is 3.75. The van der Waals surface area contributed by atoms with Crippen LogP contribution in [0, 0.1) is 0 Å². The first kappa shape index (κ1) is 12.2. The van der Waals surface area contributed by atoms with Crippen LogP contribution < -0.4 is 4.90 Å². The Kier molecular flexibility index (Phi) is 3.26. The predicted molar refractivity (Wildman–Crippen MR) is 77.4 cm³/mol. The van der Waals surface area contributed by atoms with Crippen molar-refractivity contribution in [3.8, 4) is 0 Å². The lowest BCUT2D eigenvalue weighted by Gasteiger charge is -2.25. The quantitative estimate of drug-likeness (QED) is 0.801. The molecule has 2 aromatic rings. The van der Waals surface area contributed by atoms with Crippen molar-refractivity contribution in [1.29, 1.82) is 0 Å². The van der Waals surface area contributed by atoms with Crippen LogP contribution in [0.25, 0.3) is 0 Å². The molecule has 96 valence electrons. The van der Waals surface area contributed by atoms with E-state index in [1.165, 1.54) is 0 Å². The highest BCUT2D eigenvalue weighted by atomic mass is 35.5. The van der Waals surface area contributed by atoms with Gasteiger partial charge in [-0.25, -0.2) is 0 Å². The van der Waals surface area contributed by atoms with Gasteiger partial charge in [0.15, 0.2) is 0 Å². The summed E-state index contributed by atoms with van der Waals surface area (Å²) in [5.41, 5.74) is 2.10. The van der Waals surface area contributed by atoms with Crippen molar-refractivity contribution in [2.75, 3.05) is 4.90 Å². The Morgan fingerprint density at radius 2 is 1.68 bits per heavy atom. The summed E-state index contributed by atoms with van der Waals surface area (Å²) in [4.78, 5) is 14.0. The molecule has 0 radical (unpaired) electrons. The maximum Gasteiger partial charge on any atom is 0.227 e. The van der Waals surface area contributed by atoms with Crippen LogP contribution >= 0.6 is 11.6 Å². The van der Waals surface area contributed by atoms with Gasteiger partial charge in [0, 0.05) is 17.1 Å². The third kappa shape index (κ3) is 2.36. The molecule has 0 bridgehead atoms. The Labute approximate surface area is 117 Å². The highest BCUT2D eigenvalue weighted by Crippen LogP contribution is 2.37. The summed E-state index contributed by atoms with van der Waals surface area (Å²) >= 11 is 5.92. The van der Waals surface area contributed by atoms with E-state index in [-0.39, 0.29) is 11.9 Å². The van der Waals surface area contributed by atoms with Crippen LogP contribution in [0.3, 0.4) is 0 Å². The van der Waals surface area contributed by atoms with Crippen molar-refractivity contribution in [3.63, 3.8) is 0 Å². The standard InChI is InChI=1S/C16H14ClNO/c17-13-8-6-12(7-9-13)15-10-11-16(19)18(15)14-4-2-1-3-5-14/h1-9,15H,10-11H2. The zero-order valence-corrected chi connectivity index (χ0v) is 11.2. The number of amides is 1. The molecule has 3 heteroatoms. The summed E-state index contributed by atoms with van der Waals surface area (Å²) in [5, 5.41) is 0.722. The van der Waals surface area contributed by atoms with Crippen molar-refractivity contribution in [2.24, 2.45) is 0 Å². The number of halogens is 1. The summed E-state index contributed by atoms with van der Waals surface area (Å²) in [7, 11) is 0. The topological polar surface area (TPSA) is 20.3 Å². The monoisotopic (exact) mass is 271 g/mol. The van der Waals surface area contributed by atoms with E-state index < -0.39 is 0 Å². The number of para-hydroxylation sites is 1. The van der Waals surface area contributed by atoms with E-state index in [2.05, 4.69) is 0 Å². The molecule has 2 nitrogen and oxygen atoms in total.